The zero-order valence-electron chi connectivity index (χ0n) is 17.1. The van der Waals surface area contributed by atoms with Gasteiger partial charge in [-0.15, -0.1) is 0 Å². The fourth-order valence-electron chi connectivity index (χ4n) is 3.33. The molecule has 1 heterocycles. The molecule has 0 saturated carbocycles. The van der Waals surface area contributed by atoms with Crippen molar-refractivity contribution < 1.29 is 14.3 Å². The van der Waals surface area contributed by atoms with Crippen molar-refractivity contribution in [2.45, 2.75) is 12.8 Å². The average Bonchev–Trinajstić information content (AvgIpc) is 2.78. The van der Waals surface area contributed by atoms with E-state index >= 15 is 0 Å². The third-order valence-corrected chi connectivity index (χ3v) is 5.06. The van der Waals surface area contributed by atoms with Gasteiger partial charge in [0.1, 0.15) is 11.5 Å². The molecule has 0 bridgehead atoms. The van der Waals surface area contributed by atoms with Crippen LogP contribution in [-0.2, 0) is 4.79 Å². The van der Waals surface area contributed by atoms with Gasteiger partial charge in [-0.05, 0) is 36.2 Å². The summed E-state index contributed by atoms with van der Waals surface area (Å²) >= 11 is 0. The zero-order chi connectivity index (χ0) is 20.3. The summed E-state index contributed by atoms with van der Waals surface area (Å²) in [4.78, 5) is 16.8. The van der Waals surface area contributed by atoms with E-state index in [0.717, 1.165) is 50.6 Å². The van der Waals surface area contributed by atoms with Crippen LogP contribution in [0.3, 0.4) is 0 Å². The topological polar surface area (TPSA) is 42.0 Å². The van der Waals surface area contributed by atoms with E-state index in [2.05, 4.69) is 29.2 Å². The summed E-state index contributed by atoms with van der Waals surface area (Å²) in [5.74, 6) is 1.83. The van der Waals surface area contributed by atoms with Gasteiger partial charge in [0.25, 0.3) is 0 Å². The normalized spacial score (nSPS) is 14.9. The maximum atomic E-state index is 12.4. The molecule has 3 rings (SSSR count). The molecule has 1 fully saturated rings. The molecule has 0 aromatic heterocycles. The van der Waals surface area contributed by atoms with E-state index in [1.807, 2.05) is 47.4 Å². The number of nitrogens with zero attached hydrogens (tertiary/aromatic N) is 2. The van der Waals surface area contributed by atoms with Crippen LogP contribution < -0.4 is 9.47 Å². The monoisotopic (exact) mass is 394 g/mol. The van der Waals surface area contributed by atoms with Gasteiger partial charge in [-0.1, -0.05) is 42.5 Å². The first-order valence-electron chi connectivity index (χ1n) is 10.2. The Balaban J connectivity index is 1.29. The van der Waals surface area contributed by atoms with Crippen molar-refractivity contribution in [1.29, 1.82) is 0 Å². The minimum Gasteiger partial charge on any atom is -0.497 e. The lowest BCUT2D eigenvalue weighted by atomic mass is 10.2. The van der Waals surface area contributed by atoms with Crippen molar-refractivity contribution >= 4 is 12.0 Å². The van der Waals surface area contributed by atoms with Crippen LogP contribution in [0.4, 0.5) is 0 Å². The number of carbonyl (C=O) groups is 1. The number of amides is 1. The van der Waals surface area contributed by atoms with Gasteiger partial charge in [-0.25, -0.2) is 0 Å². The quantitative estimate of drug-likeness (QED) is 0.608. The molecule has 0 unspecified atom stereocenters. The van der Waals surface area contributed by atoms with Gasteiger partial charge in [0.15, 0.2) is 0 Å². The van der Waals surface area contributed by atoms with E-state index in [1.54, 1.807) is 7.11 Å². The predicted molar refractivity (Wildman–Crippen MR) is 116 cm³/mol. The Bertz CT molecular complexity index is 766. The van der Waals surface area contributed by atoms with Crippen LogP contribution in [0.25, 0.3) is 6.08 Å². The summed E-state index contributed by atoms with van der Waals surface area (Å²) in [5.41, 5.74) is 1.22. The maximum absolute atomic E-state index is 12.4. The van der Waals surface area contributed by atoms with Gasteiger partial charge >= 0.3 is 0 Å². The number of piperazine rings is 1. The Morgan fingerprint density at radius 3 is 2.34 bits per heavy atom. The van der Waals surface area contributed by atoms with Crippen LogP contribution in [0, 0.1) is 0 Å². The molecule has 1 saturated heterocycles. The number of benzene rings is 2. The maximum Gasteiger partial charge on any atom is 0.222 e. The smallest absolute Gasteiger partial charge is 0.222 e. The van der Waals surface area contributed by atoms with Gasteiger partial charge in [0.05, 0.1) is 13.7 Å². The molecule has 2 aromatic carbocycles. The molecule has 154 valence electrons. The Morgan fingerprint density at radius 2 is 1.66 bits per heavy atom. The van der Waals surface area contributed by atoms with Crippen LogP contribution >= 0.6 is 0 Å². The van der Waals surface area contributed by atoms with Gasteiger partial charge in [0, 0.05) is 39.1 Å². The highest BCUT2D eigenvalue weighted by Crippen LogP contribution is 2.17. The van der Waals surface area contributed by atoms with Gasteiger partial charge in [-0.3, -0.25) is 9.69 Å². The Morgan fingerprint density at radius 1 is 0.966 bits per heavy atom. The number of carbonyl (C=O) groups excluding carboxylic acids is 1. The minimum atomic E-state index is 0.225. The first kappa shape index (κ1) is 20.9. The summed E-state index contributed by atoms with van der Waals surface area (Å²) < 4.78 is 10.8. The molecule has 2 aromatic rings. The Hall–Kier alpha value is -2.79. The highest BCUT2D eigenvalue weighted by atomic mass is 16.5. The molecule has 0 N–H and O–H groups in total. The van der Waals surface area contributed by atoms with E-state index in [0.29, 0.717) is 13.0 Å². The third kappa shape index (κ3) is 6.95. The molecule has 0 aliphatic carbocycles. The van der Waals surface area contributed by atoms with Gasteiger partial charge in [-0.2, -0.15) is 0 Å². The SMILES string of the molecule is COc1ccc(OCCCC(=O)N2CCN(C/C=C/c3ccccc3)CC2)cc1. The fraction of sp³-hybridized carbons (Fsp3) is 0.375. The average molecular weight is 395 g/mol. The zero-order valence-corrected chi connectivity index (χ0v) is 17.1. The second-order valence-electron chi connectivity index (χ2n) is 7.12. The van der Waals surface area contributed by atoms with Crippen LogP contribution in [0.1, 0.15) is 18.4 Å². The van der Waals surface area contributed by atoms with Gasteiger partial charge < -0.3 is 14.4 Å². The summed E-state index contributed by atoms with van der Waals surface area (Å²) in [7, 11) is 1.64. The lowest BCUT2D eigenvalue weighted by Crippen LogP contribution is -2.48. The standard InChI is InChI=1S/C24H30N2O3/c1-28-22-11-13-23(14-12-22)29-20-6-10-24(27)26-18-16-25(17-19-26)15-5-9-21-7-3-2-4-8-21/h2-5,7-9,11-14H,6,10,15-20H2,1H3/b9-5+. The van der Waals surface area contributed by atoms with Crippen molar-refractivity contribution in [2.75, 3.05) is 46.4 Å². The van der Waals surface area contributed by atoms with Crippen LogP contribution in [-0.4, -0.2) is 62.1 Å². The summed E-state index contributed by atoms with van der Waals surface area (Å²) in [6.45, 7) is 4.92. The molecule has 1 aliphatic rings. The highest BCUT2D eigenvalue weighted by molar-refractivity contribution is 5.76. The fourth-order valence-corrected chi connectivity index (χ4v) is 3.33. The van der Waals surface area contributed by atoms with E-state index in [1.165, 1.54) is 5.56 Å². The lowest BCUT2D eigenvalue weighted by Gasteiger charge is -2.34. The molecule has 5 nitrogen and oxygen atoms in total. The molecule has 0 atom stereocenters. The van der Waals surface area contributed by atoms with Crippen molar-refractivity contribution in [3.63, 3.8) is 0 Å². The summed E-state index contributed by atoms with van der Waals surface area (Å²) in [6, 6.07) is 17.8. The summed E-state index contributed by atoms with van der Waals surface area (Å²) in [6.07, 6.45) is 5.61. The second kappa shape index (κ2) is 11.3. The first-order valence-corrected chi connectivity index (χ1v) is 10.2. The largest absolute Gasteiger partial charge is 0.497 e. The van der Waals surface area contributed by atoms with E-state index < -0.39 is 0 Å². The lowest BCUT2D eigenvalue weighted by molar-refractivity contribution is -0.133. The number of ether oxygens (including phenoxy) is 2. The Kier molecular flexibility index (Phi) is 8.13. The van der Waals surface area contributed by atoms with Gasteiger partial charge in [0.2, 0.25) is 5.91 Å². The molecule has 1 amide bonds. The highest BCUT2D eigenvalue weighted by Gasteiger charge is 2.19. The van der Waals surface area contributed by atoms with Crippen molar-refractivity contribution in [2.24, 2.45) is 0 Å². The van der Waals surface area contributed by atoms with Crippen molar-refractivity contribution in [3.05, 3.63) is 66.2 Å². The molecule has 29 heavy (non-hydrogen) atoms. The molecule has 0 radical (unpaired) electrons. The minimum absolute atomic E-state index is 0.225. The third-order valence-electron chi connectivity index (χ3n) is 5.06. The number of hydrogen-bond acceptors (Lipinski definition) is 4. The molecule has 5 heteroatoms. The van der Waals surface area contributed by atoms with Crippen LogP contribution in [0.5, 0.6) is 11.5 Å². The number of methoxy groups -OCH3 is 1. The van der Waals surface area contributed by atoms with Crippen LogP contribution in [0.2, 0.25) is 0 Å². The molecular weight excluding hydrogens is 364 g/mol. The van der Waals surface area contributed by atoms with E-state index in [4.69, 9.17) is 9.47 Å². The number of hydrogen-bond donors (Lipinski definition) is 0. The van der Waals surface area contributed by atoms with Crippen LogP contribution in [0.15, 0.2) is 60.7 Å². The number of rotatable bonds is 9. The van der Waals surface area contributed by atoms with Crippen molar-refractivity contribution in [3.8, 4) is 11.5 Å². The Labute approximate surface area is 173 Å². The molecule has 0 spiro atoms. The van der Waals surface area contributed by atoms with E-state index in [-0.39, 0.29) is 5.91 Å². The molecule has 1 aliphatic heterocycles. The van der Waals surface area contributed by atoms with Crippen molar-refractivity contribution in [1.82, 2.24) is 9.80 Å². The predicted octanol–water partition coefficient (Wildman–Crippen LogP) is 3.71. The summed E-state index contributed by atoms with van der Waals surface area (Å²) in [5, 5.41) is 0. The second-order valence-corrected chi connectivity index (χ2v) is 7.12. The molecular formula is C24H30N2O3. The van der Waals surface area contributed by atoms with E-state index in [9.17, 15) is 4.79 Å². The first-order chi connectivity index (χ1) is 14.2.